The predicted molar refractivity (Wildman–Crippen MR) is 160 cm³/mol. The highest BCUT2D eigenvalue weighted by molar-refractivity contribution is 5.52. The molecule has 40 heavy (non-hydrogen) atoms. The molecular weight excluding hydrogens is 498 g/mol. The van der Waals surface area contributed by atoms with E-state index in [9.17, 15) is 10.2 Å². The molecule has 5 heteroatoms. The van der Waals surface area contributed by atoms with Crippen molar-refractivity contribution in [1.82, 2.24) is 5.32 Å². The lowest BCUT2D eigenvalue weighted by Gasteiger charge is -2.58. The fourth-order valence-electron chi connectivity index (χ4n) is 9.38. The van der Waals surface area contributed by atoms with Gasteiger partial charge in [0.05, 0.1) is 24.4 Å². The summed E-state index contributed by atoms with van der Waals surface area (Å²) in [6, 6.07) is 9.05. The van der Waals surface area contributed by atoms with Crippen LogP contribution in [0.2, 0.25) is 0 Å². The van der Waals surface area contributed by atoms with E-state index in [2.05, 4.69) is 69.4 Å². The van der Waals surface area contributed by atoms with Gasteiger partial charge in [0.2, 0.25) is 0 Å². The van der Waals surface area contributed by atoms with Gasteiger partial charge in [-0.2, -0.15) is 0 Å². The minimum atomic E-state index is -0.882. The maximum absolute atomic E-state index is 12.4. The van der Waals surface area contributed by atoms with Gasteiger partial charge >= 0.3 is 0 Å². The maximum atomic E-state index is 12.4. The van der Waals surface area contributed by atoms with Crippen LogP contribution in [-0.2, 0) is 9.47 Å². The summed E-state index contributed by atoms with van der Waals surface area (Å²) in [5, 5.41) is 27.5. The molecule has 4 fully saturated rings. The second kappa shape index (κ2) is 10.1. The molecule has 5 nitrogen and oxygen atoms in total. The van der Waals surface area contributed by atoms with Gasteiger partial charge < -0.3 is 25.0 Å². The van der Waals surface area contributed by atoms with Crippen LogP contribution in [0.15, 0.2) is 41.5 Å². The molecule has 1 saturated heterocycles. The van der Waals surface area contributed by atoms with Crippen molar-refractivity contribution < 1.29 is 19.7 Å². The standard InChI is InChI=1S/C35H51NO4/c1-6-34(38)17-14-28-26-13-16-33(37)21-35(39-22-31(2,3)23-40-35)18-15-29(33)30(26)27(20-32(28,34)4)25-11-9-24(10-12-25)8-7-19-36-5/h7-12,26-28,36-38H,6,13-23H2,1-5H3/b8-7+/t26?,27-,28?,32+,33-,34?/m1/s1. The Balaban J connectivity index is 1.40. The zero-order chi connectivity index (χ0) is 28.4. The minimum Gasteiger partial charge on any atom is -0.389 e. The van der Waals surface area contributed by atoms with Crippen LogP contribution in [0.1, 0.15) is 103 Å². The van der Waals surface area contributed by atoms with Gasteiger partial charge in [-0.15, -0.1) is 0 Å². The lowest BCUT2D eigenvalue weighted by Crippen LogP contribution is -2.58. The average Bonchev–Trinajstić information content (AvgIpc) is 3.21. The molecule has 1 heterocycles. The molecule has 3 N–H and O–H groups in total. The van der Waals surface area contributed by atoms with Crippen LogP contribution in [0, 0.1) is 22.7 Å². The lowest BCUT2D eigenvalue weighted by atomic mass is 9.49. The minimum absolute atomic E-state index is 0.0101. The number of fused-ring (bicyclic) bond motifs is 4. The van der Waals surface area contributed by atoms with Crippen molar-refractivity contribution in [2.24, 2.45) is 22.7 Å². The van der Waals surface area contributed by atoms with E-state index < -0.39 is 17.0 Å². The van der Waals surface area contributed by atoms with Gasteiger partial charge in [0.25, 0.3) is 0 Å². The molecule has 6 atom stereocenters. The third kappa shape index (κ3) is 4.55. The third-order valence-corrected chi connectivity index (χ3v) is 11.7. The van der Waals surface area contributed by atoms with Crippen LogP contribution >= 0.6 is 0 Å². The fraction of sp³-hybridized carbons (Fsp3) is 0.714. The van der Waals surface area contributed by atoms with Gasteiger partial charge in [0.1, 0.15) is 0 Å². The Kier molecular flexibility index (Phi) is 7.19. The van der Waals surface area contributed by atoms with Gasteiger partial charge in [-0.1, -0.05) is 69.7 Å². The summed E-state index contributed by atoms with van der Waals surface area (Å²) in [6.45, 7) is 11.1. The van der Waals surface area contributed by atoms with Gasteiger partial charge in [-0.3, -0.25) is 0 Å². The number of aliphatic hydroxyl groups is 2. The first kappa shape index (κ1) is 28.6. The summed E-state index contributed by atoms with van der Waals surface area (Å²) in [7, 11) is 1.96. The average molecular weight is 550 g/mol. The molecule has 0 aromatic heterocycles. The molecule has 3 saturated carbocycles. The zero-order valence-corrected chi connectivity index (χ0v) is 25.4. The van der Waals surface area contributed by atoms with Crippen LogP contribution in [0.25, 0.3) is 6.08 Å². The first-order valence-corrected chi connectivity index (χ1v) is 15.8. The largest absolute Gasteiger partial charge is 0.389 e. The van der Waals surface area contributed by atoms with Crippen LogP contribution < -0.4 is 5.32 Å². The molecule has 6 rings (SSSR count). The molecule has 5 aliphatic rings. The maximum Gasteiger partial charge on any atom is 0.171 e. The Hall–Kier alpha value is -1.50. The Morgan fingerprint density at radius 3 is 2.40 bits per heavy atom. The number of ether oxygens (including phenoxy) is 2. The van der Waals surface area contributed by atoms with Crippen molar-refractivity contribution in [2.75, 3.05) is 26.8 Å². The summed E-state index contributed by atoms with van der Waals surface area (Å²) >= 11 is 0. The van der Waals surface area contributed by atoms with E-state index in [4.69, 9.17) is 9.47 Å². The van der Waals surface area contributed by atoms with Gasteiger partial charge in [0, 0.05) is 36.1 Å². The summed E-state index contributed by atoms with van der Waals surface area (Å²) in [4.78, 5) is 0. The first-order chi connectivity index (χ1) is 19.0. The summed E-state index contributed by atoms with van der Waals surface area (Å²) in [5.41, 5.74) is 3.66. The number of allylic oxidation sites excluding steroid dienone is 1. The molecule has 1 spiro atoms. The van der Waals surface area contributed by atoms with E-state index >= 15 is 0 Å². The predicted octanol–water partition coefficient (Wildman–Crippen LogP) is 6.35. The quantitative estimate of drug-likeness (QED) is 0.373. The van der Waals surface area contributed by atoms with E-state index in [1.54, 1.807) is 0 Å². The van der Waals surface area contributed by atoms with Crippen molar-refractivity contribution in [3.8, 4) is 0 Å². The van der Waals surface area contributed by atoms with Crippen LogP contribution in [0.4, 0.5) is 0 Å². The summed E-state index contributed by atoms with van der Waals surface area (Å²) in [5.74, 6) is 0.414. The smallest absolute Gasteiger partial charge is 0.171 e. The highest BCUT2D eigenvalue weighted by Gasteiger charge is 2.64. The van der Waals surface area contributed by atoms with E-state index in [1.165, 1.54) is 22.3 Å². The molecule has 4 aliphatic carbocycles. The third-order valence-electron chi connectivity index (χ3n) is 11.7. The SMILES string of the molecule is CCC1(O)CCC2C3CC[C@@]4(O)CC5(CCC4=C3[C@@H](c3ccc(/C=C/CNC)cc3)C[C@@]21C)OCC(C)(C)CO5. The summed E-state index contributed by atoms with van der Waals surface area (Å²) < 4.78 is 12.8. The number of benzene rings is 1. The van der Waals surface area contributed by atoms with Crippen molar-refractivity contribution in [1.29, 1.82) is 0 Å². The molecule has 1 aliphatic heterocycles. The van der Waals surface area contributed by atoms with E-state index in [0.717, 1.165) is 57.9 Å². The number of hydrogen-bond acceptors (Lipinski definition) is 5. The van der Waals surface area contributed by atoms with Crippen LogP contribution in [0.5, 0.6) is 0 Å². The fourth-order valence-corrected chi connectivity index (χ4v) is 9.38. The topological polar surface area (TPSA) is 71.0 Å². The number of hydrogen-bond donors (Lipinski definition) is 3. The van der Waals surface area contributed by atoms with Gasteiger partial charge in [0.15, 0.2) is 5.79 Å². The van der Waals surface area contributed by atoms with E-state index in [-0.39, 0.29) is 16.7 Å². The van der Waals surface area contributed by atoms with Gasteiger partial charge in [-0.25, -0.2) is 0 Å². The molecule has 1 aromatic rings. The number of rotatable bonds is 5. The first-order valence-electron chi connectivity index (χ1n) is 15.8. The van der Waals surface area contributed by atoms with Crippen molar-refractivity contribution in [3.05, 3.63) is 52.6 Å². The molecule has 0 radical (unpaired) electrons. The molecule has 0 amide bonds. The highest BCUT2D eigenvalue weighted by Crippen LogP contribution is 2.68. The van der Waals surface area contributed by atoms with Crippen LogP contribution in [-0.4, -0.2) is 54.0 Å². The van der Waals surface area contributed by atoms with E-state index in [0.29, 0.717) is 31.5 Å². The molecule has 3 unspecified atom stereocenters. The van der Waals surface area contributed by atoms with E-state index in [1.807, 2.05) is 7.05 Å². The number of likely N-dealkylation sites (N-methyl/N-ethyl adjacent to an activating group) is 1. The molecular formula is C35H51NO4. The Morgan fingerprint density at radius 2 is 1.73 bits per heavy atom. The molecule has 0 bridgehead atoms. The molecule has 220 valence electrons. The second-order valence-electron chi connectivity index (χ2n) is 14.8. The second-order valence-corrected chi connectivity index (χ2v) is 14.8. The lowest BCUT2D eigenvalue weighted by molar-refractivity contribution is -0.322. The normalized spacial score (nSPS) is 40.2. The zero-order valence-electron chi connectivity index (χ0n) is 25.4. The monoisotopic (exact) mass is 549 g/mol. The van der Waals surface area contributed by atoms with Crippen molar-refractivity contribution in [2.45, 2.75) is 108 Å². The van der Waals surface area contributed by atoms with Crippen molar-refractivity contribution in [3.63, 3.8) is 0 Å². The summed E-state index contributed by atoms with van der Waals surface area (Å²) in [6.07, 6.45) is 11.9. The van der Waals surface area contributed by atoms with Gasteiger partial charge in [-0.05, 0) is 80.5 Å². The molecule has 1 aromatic carbocycles. The Morgan fingerprint density at radius 1 is 1.00 bits per heavy atom. The Bertz CT molecular complexity index is 1160. The highest BCUT2D eigenvalue weighted by atomic mass is 16.7. The van der Waals surface area contributed by atoms with Crippen LogP contribution in [0.3, 0.4) is 0 Å². The number of nitrogens with one attached hydrogen (secondary N) is 1. The van der Waals surface area contributed by atoms with Crippen molar-refractivity contribution >= 4 is 6.08 Å². The Labute approximate surface area is 241 Å².